The number of carbonyl (C=O) groups is 2. The number of amides is 2. The number of carbonyl (C=O) groups excluding carboxylic acids is 2. The summed E-state index contributed by atoms with van der Waals surface area (Å²) in [5, 5.41) is 4.65. The summed E-state index contributed by atoms with van der Waals surface area (Å²) in [6, 6.07) is 5.44. The van der Waals surface area contributed by atoms with E-state index in [-0.39, 0.29) is 11.8 Å². The van der Waals surface area contributed by atoms with Crippen molar-refractivity contribution in [2.24, 2.45) is 0 Å². The Balaban J connectivity index is 1.67. The summed E-state index contributed by atoms with van der Waals surface area (Å²) < 4.78 is 5.06. The standard InChI is InChI=1S/C17H20N4O3S/c1-12-10-14(19-24-12)11-25-16-15(4-3-5-18-16)17(23)21-8-6-20(7-9-21)13(2)22/h3-5,10H,6-9,11H2,1-2H3. The summed E-state index contributed by atoms with van der Waals surface area (Å²) in [4.78, 5) is 32.2. The highest BCUT2D eigenvalue weighted by Crippen LogP contribution is 2.25. The van der Waals surface area contributed by atoms with Gasteiger partial charge in [0.1, 0.15) is 10.8 Å². The minimum atomic E-state index is -0.0462. The molecule has 0 spiro atoms. The van der Waals surface area contributed by atoms with Crippen LogP contribution in [0.3, 0.4) is 0 Å². The number of nitrogens with zero attached hydrogens (tertiary/aromatic N) is 4. The Hall–Kier alpha value is -2.35. The zero-order valence-corrected chi connectivity index (χ0v) is 15.1. The average Bonchev–Trinajstić information content (AvgIpc) is 3.05. The predicted octanol–water partition coefficient (Wildman–Crippen LogP) is 1.97. The average molecular weight is 360 g/mol. The van der Waals surface area contributed by atoms with Gasteiger partial charge in [-0.25, -0.2) is 4.98 Å². The Morgan fingerprint density at radius 1 is 1.24 bits per heavy atom. The van der Waals surface area contributed by atoms with E-state index in [4.69, 9.17) is 4.52 Å². The number of aromatic nitrogens is 2. The number of thioether (sulfide) groups is 1. The fourth-order valence-corrected chi connectivity index (χ4v) is 3.56. The van der Waals surface area contributed by atoms with Gasteiger partial charge in [0.2, 0.25) is 5.91 Å². The van der Waals surface area contributed by atoms with Crippen LogP contribution in [0.15, 0.2) is 33.9 Å². The van der Waals surface area contributed by atoms with Crippen LogP contribution in [-0.4, -0.2) is 57.9 Å². The topological polar surface area (TPSA) is 79.5 Å². The minimum Gasteiger partial charge on any atom is -0.361 e. The Bertz CT molecular complexity index is 769. The Labute approximate surface area is 150 Å². The number of rotatable bonds is 4. The van der Waals surface area contributed by atoms with Gasteiger partial charge >= 0.3 is 0 Å². The normalized spacial score (nSPS) is 14.6. The van der Waals surface area contributed by atoms with Gasteiger partial charge in [-0.05, 0) is 19.1 Å². The Morgan fingerprint density at radius 2 is 1.96 bits per heavy atom. The number of pyridine rings is 1. The lowest BCUT2D eigenvalue weighted by Crippen LogP contribution is -2.50. The van der Waals surface area contributed by atoms with E-state index in [0.29, 0.717) is 42.5 Å². The molecule has 0 bridgehead atoms. The van der Waals surface area contributed by atoms with Gasteiger partial charge in [0, 0.05) is 51.1 Å². The lowest BCUT2D eigenvalue weighted by Gasteiger charge is -2.34. The van der Waals surface area contributed by atoms with Gasteiger partial charge in [-0.3, -0.25) is 9.59 Å². The van der Waals surface area contributed by atoms with Gasteiger partial charge in [0.15, 0.2) is 0 Å². The third-order valence-corrected chi connectivity index (χ3v) is 5.09. The van der Waals surface area contributed by atoms with Crippen LogP contribution in [0.1, 0.15) is 28.7 Å². The second-order valence-corrected chi connectivity index (χ2v) is 6.84. The van der Waals surface area contributed by atoms with Crippen LogP contribution < -0.4 is 0 Å². The molecule has 0 atom stereocenters. The van der Waals surface area contributed by atoms with E-state index in [1.54, 1.807) is 35.1 Å². The van der Waals surface area contributed by atoms with Gasteiger partial charge in [0.05, 0.1) is 11.3 Å². The molecule has 0 N–H and O–H groups in total. The molecule has 3 heterocycles. The minimum absolute atomic E-state index is 0.0462. The molecule has 0 aliphatic carbocycles. The van der Waals surface area contributed by atoms with Crippen molar-refractivity contribution in [2.75, 3.05) is 26.2 Å². The first-order valence-corrected chi connectivity index (χ1v) is 9.08. The fourth-order valence-electron chi connectivity index (χ4n) is 2.69. The number of aryl methyl sites for hydroxylation is 1. The monoisotopic (exact) mass is 360 g/mol. The van der Waals surface area contributed by atoms with Crippen molar-refractivity contribution in [3.63, 3.8) is 0 Å². The molecule has 1 aliphatic heterocycles. The molecular weight excluding hydrogens is 340 g/mol. The maximum Gasteiger partial charge on any atom is 0.256 e. The molecule has 1 fully saturated rings. The van der Waals surface area contributed by atoms with E-state index >= 15 is 0 Å². The van der Waals surface area contributed by atoms with E-state index < -0.39 is 0 Å². The van der Waals surface area contributed by atoms with Crippen molar-refractivity contribution in [3.05, 3.63) is 41.4 Å². The molecule has 2 amide bonds. The lowest BCUT2D eigenvalue weighted by atomic mass is 10.2. The van der Waals surface area contributed by atoms with Crippen LogP contribution >= 0.6 is 11.8 Å². The van der Waals surface area contributed by atoms with Crippen LogP contribution in [0, 0.1) is 6.92 Å². The maximum atomic E-state index is 12.8. The molecule has 8 heteroatoms. The molecule has 132 valence electrons. The molecule has 7 nitrogen and oxygen atoms in total. The van der Waals surface area contributed by atoms with Crippen molar-refractivity contribution < 1.29 is 14.1 Å². The van der Waals surface area contributed by atoms with Crippen LogP contribution in [-0.2, 0) is 10.5 Å². The maximum absolute atomic E-state index is 12.8. The third-order valence-electron chi connectivity index (χ3n) is 4.05. The summed E-state index contributed by atoms with van der Waals surface area (Å²) in [6.45, 7) is 5.63. The third kappa shape index (κ3) is 4.19. The zero-order valence-electron chi connectivity index (χ0n) is 14.3. The first-order chi connectivity index (χ1) is 12.0. The van der Waals surface area contributed by atoms with Crippen LogP contribution in [0.5, 0.6) is 0 Å². The van der Waals surface area contributed by atoms with Crippen molar-refractivity contribution >= 4 is 23.6 Å². The highest BCUT2D eigenvalue weighted by Gasteiger charge is 2.25. The summed E-state index contributed by atoms with van der Waals surface area (Å²) >= 11 is 1.47. The van der Waals surface area contributed by atoms with Crippen molar-refractivity contribution in [3.8, 4) is 0 Å². The molecule has 1 aliphatic rings. The molecule has 2 aromatic rings. The van der Waals surface area contributed by atoms with E-state index in [0.717, 1.165) is 11.5 Å². The summed E-state index contributed by atoms with van der Waals surface area (Å²) in [5.41, 5.74) is 1.41. The zero-order chi connectivity index (χ0) is 17.8. The molecule has 1 saturated heterocycles. The predicted molar refractivity (Wildman–Crippen MR) is 93.2 cm³/mol. The van der Waals surface area contributed by atoms with Gasteiger partial charge < -0.3 is 14.3 Å². The van der Waals surface area contributed by atoms with Crippen molar-refractivity contribution in [2.45, 2.75) is 24.6 Å². The Morgan fingerprint density at radius 3 is 2.60 bits per heavy atom. The van der Waals surface area contributed by atoms with Crippen molar-refractivity contribution in [1.29, 1.82) is 0 Å². The van der Waals surface area contributed by atoms with Gasteiger partial charge in [-0.2, -0.15) is 0 Å². The van der Waals surface area contributed by atoms with Crippen LogP contribution in [0.4, 0.5) is 0 Å². The van der Waals surface area contributed by atoms with Gasteiger partial charge in [-0.1, -0.05) is 16.9 Å². The second-order valence-electron chi connectivity index (χ2n) is 5.87. The molecule has 0 aromatic carbocycles. The van der Waals surface area contributed by atoms with Gasteiger partial charge in [-0.15, -0.1) is 0 Å². The van der Waals surface area contributed by atoms with Crippen LogP contribution in [0.25, 0.3) is 0 Å². The lowest BCUT2D eigenvalue weighted by molar-refractivity contribution is -0.130. The van der Waals surface area contributed by atoms with E-state index in [2.05, 4.69) is 10.1 Å². The summed E-state index contributed by atoms with van der Waals surface area (Å²) in [7, 11) is 0. The molecule has 25 heavy (non-hydrogen) atoms. The Kier molecular flexibility index (Phi) is 5.37. The highest BCUT2D eigenvalue weighted by atomic mass is 32.2. The smallest absolute Gasteiger partial charge is 0.256 e. The van der Waals surface area contributed by atoms with Gasteiger partial charge in [0.25, 0.3) is 5.91 Å². The molecule has 0 unspecified atom stereocenters. The first-order valence-electron chi connectivity index (χ1n) is 8.09. The van der Waals surface area contributed by atoms with Crippen molar-refractivity contribution in [1.82, 2.24) is 19.9 Å². The molecule has 0 saturated carbocycles. The number of hydrogen-bond acceptors (Lipinski definition) is 6. The molecule has 3 rings (SSSR count). The number of hydrogen-bond donors (Lipinski definition) is 0. The summed E-state index contributed by atoms with van der Waals surface area (Å²) in [5.74, 6) is 1.35. The quantitative estimate of drug-likeness (QED) is 0.776. The largest absolute Gasteiger partial charge is 0.361 e. The van der Waals surface area contributed by atoms with E-state index in [1.165, 1.54) is 11.8 Å². The van der Waals surface area contributed by atoms with E-state index in [9.17, 15) is 9.59 Å². The van der Waals surface area contributed by atoms with E-state index in [1.807, 2.05) is 13.0 Å². The summed E-state index contributed by atoms with van der Waals surface area (Å²) in [6.07, 6.45) is 1.68. The number of piperazine rings is 1. The molecular formula is C17H20N4O3S. The second kappa shape index (κ2) is 7.69. The molecule has 2 aromatic heterocycles. The van der Waals surface area contributed by atoms with Crippen LogP contribution in [0.2, 0.25) is 0 Å². The molecule has 0 radical (unpaired) electrons. The first kappa shape index (κ1) is 17.5. The fraction of sp³-hybridized carbons (Fsp3) is 0.412. The highest BCUT2D eigenvalue weighted by molar-refractivity contribution is 7.98. The SMILES string of the molecule is CC(=O)N1CCN(C(=O)c2cccnc2SCc2cc(C)on2)CC1.